The van der Waals surface area contributed by atoms with E-state index in [0.717, 1.165) is 43.6 Å². The second kappa shape index (κ2) is 11.5. The van der Waals surface area contributed by atoms with Crippen LogP contribution < -0.4 is 5.32 Å². The number of hydrogen-bond donors (Lipinski definition) is 3. The van der Waals surface area contributed by atoms with E-state index in [1.807, 2.05) is 12.1 Å². The molecule has 1 saturated heterocycles. The third kappa shape index (κ3) is 5.93. The summed E-state index contributed by atoms with van der Waals surface area (Å²) in [7, 11) is 0. The van der Waals surface area contributed by atoms with Crippen molar-refractivity contribution in [1.82, 2.24) is 10.2 Å². The number of phenols is 2. The molecule has 0 saturated carbocycles. The van der Waals surface area contributed by atoms with E-state index in [2.05, 4.69) is 58.7 Å². The fourth-order valence-corrected chi connectivity index (χ4v) is 4.95. The molecular formula is C31H32N2O4. The Labute approximate surface area is 217 Å². The van der Waals surface area contributed by atoms with Gasteiger partial charge < -0.3 is 25.2 Å². The summed E-state index contributed by atoms with van der Waals surface area (Å²) < 4.78 is 6.63. The van der Waals surface area contributed by atoms with Gasteiger partial charge in [-0.05, 0) is 54.3 Å². The van der Waals surface area contributed by atoms with E-state index >= 15 is 0 Å². The van der Waals surface area contributed by atoms with Crippen LogP contribution in [0.2, 0.25) is 0 Å². The summed E-state index contributed by atoms with van der Waals surface area (Å²) >= 11 is 0. The molecule has 3 N–H and O–H groups in total. The lowest BCUT2D eigenvalue weighted by atomic mass is 10.00. The van der Waals surface area contributed by atoms with Gasteiger partial charge in [-0.15, -0.1) is 0 Å². The molecule has 1 aliphatic heterocycles. The van der Waals surface area contributed by atoms with Crippen LogP contribution >= 0.6 is 0 Å². The van der Waals surface area contributed by atoms with E-state index in [1.54, 1.807) is 18.2 Å². The van der Waals surface area contributed by atoms with Crippen molar-refractivity contribution >= 4 is 16.7 Å². The lowest BCUT2D eigenvalue weighted by Gasteiger charge is -2.34. The average Bonchev–Trinajstić information content (AvgIpc) is 2.95. The molecule has 4 aromatic rings. The molecule has 0 atom stereocenters. The van der Waals surface area contributed by atoms with Gasteiger partial charge in [0.15, 0.2) is 0 Å². The number of ether oxygens (including phenoxy) is 1. The topological polar surface area (TPSA) is 82.0 Å². The van der Waals surface area contributed by atoms with Gasteiger partial charge in [-0.1, -0.05) is 60.7 Å². The number of carbonyl (C=O) groups is 1. The van der Waals surface area contributed by atoms with E-state index in [9.17, 15) is 15.0 Å². The molecule has 6 nitrogen and oxygen atoms in total. The van der Waals surface area contributed by atoms with E-state index in [-0.39, 0.29) is 29.6 Å². The standard InChI is InChI=1S/C31H32N2O4/c34-28-13-14-29(35)27-21-24(11-12-26(27)28)31(36)32-17-20-33-18-15-25(16-19-33)37-30(22-7-3-1-4-8-22)23-9-5-2-6-10-23/h1-14,21,25,30,34-35H,15-20H2,(H,32,36). The van der Waals surface area contributed by atoms with Gasteiger partial charge in [-0.3, -0.25) is 4.79 Å². The van der Waals surface area contributed by atoms with Crippen LogP contribution in [0.4, 0.5) is 0 Å². The molecule has 1 amide bonds. The number of nitrogens with zero attached hydrogens (tertiary/aromatic N) is 1. The van der Waals surface area contributed by atoms with Crippen LogP contribution in [0, 0.1) is 0 Å². The second-order valence-electron chi connectivity index (χ2n) is 9.50. The van der Waals surface area contributed by atoms with Crippen LogP contribution in [0.5, 0.6) is 11.5 Å². The largest absolute Gasteiger partial charge is 0.507 e. The van der Waals surface area contributed by atoms with Gasteiger partial charge in [-0.2, -0.15) is 0 Å². The summed E-state index contributed by atoms with van der Waals surface area (Å²) in [5.74, 6) is -0.0864. The summed E-state index contributed by atoms with van der Waals surface area (Å²) in [6.07, 6.45) is 1.98. The predicted molar refractivity (Wildman–Crippen MR) is 145 cm³/mol. The minimum absolute atomic E-state index is 0.0364. The first-order chi connectivity index (χ1) is 18.1. The predicted octanol–water partition coefficient (Wildman–Crippen LogP) is 5.25. The smallest absolute Gasteiger partial charge is 0.251 e. The summed E-state index contributed by atoms with van der Waals surface area (Å²) in [6.45, 7) is 3.13. The van der Waals surface area contributed by atoms with Gasteiger partial charge in [0.1, 0.15) is 17.6 Å². The first-order valence-corrected chi connectivity index (χ1v) is 12.8. The maximum atomic E-state index is 12.7. The Balaban J connectivity index is 1.12. The zero-order valence-electron chi connectivity index (χ0n) is 20.7. The number of phenolic OH excluding ortho intramolecular Hbond substituents is 2. The van der Waals surface area contributed by atoms with Crippen molar-refractivity contribution in [2.24, 2.45) is 0 Å². The van der Waals surface area contributed by atoms with Gasteiger partial charge >= 0.3 is 0 Å². The van der Waals surface area contributed by atoms with E-state index in [1.165, 1.54) is 12.1 Å². The van der Waals surface area contributed by atoms with Crippen molar-refractivity contribution in [1.29, 1.82) is 0 Å². The van der Waals surface area contributed by atoms with Crippen LogP contribution in [0.3, 0.4) is 0 Å². The molecule has 6 heteroatoms. The molecule has 0 spiro atoms. The lowest BCUT2D eigenvalue weighted by Crippen LogP contribution is -2.41. The van der Waals surface area contributed by atoms with Gasteiger partial charge in [0.25, 0.3) is 5.91 Å². The Morgan fingerprint density at radius 1 is 0.838 bits per heavy atom. The normalized spacial score (nSPS) is 14.7. The van der Waals surface area contributed by atoms with Gasteiger partial charge in [-0.25, -0.2) is 0 Å². The molecule has 4 aromatic carbocycles. The Morgan fingerprint density at radius 3 is 2.05 bits per heavy atom. The minimum Gasteiger partial charge on any atom is -0.507 e. The number of carbonyl (C=O) groups excluding carboxylic acids is 1. The summed E-state index contributed by atoms with van der Waals surface area (Å²) in [6, 6.07) is 28.5. The van der Waals surface area contributed by atoms with Crippen LogP contribution in [0.25, 0.3) is 10.8 Å². The zero-order chi connectivity index (χ0) is 25.6. The monoisotopic (exact) mass is 496 g/mol. The Kier molecular flexibility index (Phi) is 7.68. The first kappa shape index (κ1) is 24.8. The van der Waals surface area contributed by atoms with Gasteiger partial charge in [0.2, 0.25) is 0 Å². The maximum Gasteiger partial charge on any atom is 0.251 e. The van der Waals surface area contributed by atoms with Crippen LogP contribution in [0.15, 0.2) is 91.0 Å². The van der Waals surface area contributed by atoms with Crippen LogP contribution in [0.1, 0.15) is 40.4 Å². The van der Waals surface area contributed by atoms with Crippen molar-refractivity contribution in [2.75, 3.05) is 26.2 Å². The number of rotatable bonds is 8. The number of benzene rings is 4. The molecule has 0 radical (unpaired) electrons. The van der Waals surface area contributed by atoms with Crippen LogP contribution in [-0.2, 0) is 4.74 Å². The lowest BCUT2D eigenvalue weighted by molar-refractivity contribution is -0.0267. The first-order valence-electron chi connectivity index (χ1n) is 12.8. The summed E-state index contributed by atoms with van der Waals surface area (Å²) in [5.41, 5.74) is 2.78. The zero-order valence-corrected chi connectivity index (χ0v) is 20.7. The molecule has 1 aliphatic rings. The molecule has 5 rings (SSSR count). The van der Waals surface area contributed by atoms with E-state index in [0.29, 0.717) is 22.9 Å². The minimum atomic E-state index is -0.198. The summed E-state index contributed by atoms with van der Waals surface area (Å²) in [5, 5.41) is 24.0. The number of piperidine rings is 1. The summed E-state index contributed by atoms with van der Waals surface area (Å²) in [4.78, 5) is 15.0. The Morgan fingerprint density at radius 2 is 1.43 bits per heavy atom. The quantitative estimate of drug-likeness (QED) is 0.290. The van der Waals surface area contributed by atoms with Crippen molar-refractivity contribution in [3.05, 3.63) is 108 Å². The number of fused-ring (bicyclic) bond motifs is 1. The Hall–Kier alpha value is -3.87. The second-order valence-corrected chi connectivity index (χ2v) is 9.50. The van der Waals surface area contributed by atoms with Gasteiger partial charge in [0.05, 0.1) is 6.10 Å². The highest BCUT2D eigenvalue weighted by Gasteiger charge is 2.24. The fraction of sp³-hybridized carbons (Fsp3) is 0.258. The van der Waals surface area contributed by atoms with Crippen molar-refractivity contribution in [2.45, 2.75) is 25.0 Å². The van der Waals surface area contributed by atoms with E-state index in [4.69, 9.17) is 4.74 Å². The molecule has 0 aliphatic carbocycles. The molecule has 37 heavy (non-hydrogen) atoms. The van der Waals surface area contributed by atoms with Crippen LogP contribution in [-0.4, -0.2) is 53.3 Å². The molecule has 190 valence electrons. The molecule has 0 unspecified atom stereocenters. The number of likely N-dealkylation sites (tertiary alicyclic amines) is 1. The van der Waals surface area contributed by atoms with Crippen molar-refractivity contribution in [3.8, 4) is 11.5 Å². The third-order valence-electron chi connectivity index (χ3n) is 7.01. The van der Waals surface area contributed by atoms with E-state index < -0.39 is 0 Å². The van der Waals surface area contributed by atoms with Crippen molar-refractivity contribution < 1.29 is 19.7 Å². The molecule has 0 aromatic heterocycles. The highest BCUT2D eigenvalue weighted by molar-refractivity contribution is 6.01. The maximum absolute atomic E-state index is 12.7. The number of nitrogens with one attached hydrogen (secondary N) is 1. The molecule has 1 fully saturated rings. The number of hydrogen-bond acceptors (Lipinski definition) is 5. The highest BCUT2D eigenvalue weighted by Crippen LogP contribution is 2.32. The third-order valence-corrected chi connectivity index (χ3v) is 7.01. The van der Waals surface area contributed by atoms with Gasteiger partial charge in [0, 0.05) is 42.5 Å². The molecule has 1 heterocycles. The molecule has 0 bridgehead atoms. The molecular weight excluding hydrogens is 464 g/mol. The number of aromatic hydroxyl groups is 2. The Bertz CT molecular complexity index is 1300. The SMILES string of the molecule is O=C(NCCN1CCC(OC(c2ccccc2)c2ccccc2)CC1)c1ccc2c(O)ccc(O)c2c1. The average molecular weight is 497 g/mol. The highest BCUT2D eigenvalue weighted by atomic mass is 16.5. The number of amides is 1. The van der Waals surface area contributed by atoms with Crippen molar-refractivity contribution in [3.63, 3.8) is 0 Å². The fourth-order valence-electron chi connectivity index (χ4n) is 4.95.